The van der Waals surface area contributed by atoms with E-state index in [1.165, 1.54) is 18.3 Å². The van der Waals surface area contributed by atoms with E-state index >= 15 is 0 Å². The van der Waals surface area contributed by atoms with Gasteiger partial charge in [0.1, 0.15) is 24.2 Å². The number of amides is 4. The molecule has 0 saturated carbocycles. The lowest BCUT2D eigenvalue weighted by molar-refractivity contribution is -0.130. The number of benzene rings is 2. The molecule has 58 heavy (non-hydrogen) atoms. The van der Waals surface area contributed by atoms with Crippen molar-refractivity contribution >= 4 is 35.2 Å². The van der Waals surface area contributed by atoms with Crippen molar-refractivity contribution in [2.45, 2.75) is 51.7 Å². The normalized spacial score (nSPS) is 12.7. The SMILES string of the molecule is CCOCCOCCNC(=O)CC(C(=O)NCCOCCOCCOCCCC(=O)CCc1ccc(COc2nccc(N)n2)cc1)N1C(=O)c2ccccc2C1=O. The Kier molecular flexibility index (Phi) is 20.2. The van der Waals surface area contributed by atoms with Crippen molar-refractivity contribution in [2.75, 3.05) is 84.9 Å². The minimum atomic E-state index is -1.36. The monoisotopic (exact) mass is 806 g/mol. The largest absolute Gasteiger partial charge is 0.459 e. The number of anilines is 1. The zero-order valence-corrected chi connectivity index (χ0v) is 33.0. The van der Waals surface area contributed by atoms with Crippen LogP contribution in [-0.2, 0) is 51.1 Å². The van der Waals surface area contributed by atoms with Gasteiger partial charge in [0.25, 0.3) is 11.8 Å². The van der Waals surface area contributed by atoms with E-state index in [1.807, 2.05) is 31.2 Å². The number of nitrogens with zero attached hydrogens (tertiary/aromatic N) is 3. The van der Waals surface area contributed by atoms with Gasteiger partial charge >= 0.3 is 6.01 Å². The van der Waals surface area contributed by atoms with Gasteiger partial charge in [0.15, 0.2) is 0 Å². The van der Waals surface area contributed by atoms with E-state index in [0.29, 0.717) is 84.4 Å². The summed E-state index contributed by atoms with van der Waals surface area (Å²) in [4.78, 5) is 73.6. The molecule has 2 heterocycles. The quantitative estimate of drug-likeness (QED) is 0.0651. The number of hydrogen-bond donors (Lipinski definition) is 3. The maximum Gasteiger partial charge on any atom is 0.318 e. The van der Waals surface area contributed by atoms with E-state index in [-0.39, 0.29) is 55.8 Å². The highest BCUT2D eigenvalue weighted by molar-refractivity contribution is 6.23. The van der Waals surface area contributed by atoms with Gasteiger partial charge in [-0.05, 0) is 49.1 Å². The molecule has 0 radical (unpaired) electrons. The highest BCUT2D eigenvalue weighted by atomic mass is 16.5. The number of imide groups is 1. The predicted molar refractivity (Wildman–Crippen MR) is 211 cm³/mol. The van der Waals surface area contributed by atoms with Gasteiger partial charge in [0.05, 0.1) is 70.4 Å². The predicted octanol–water partition coefficient (Wildman–Crippen LogP) is 2.31. The number of carbonyl (C=O) groups is 5. The Labute approximate surface area is 338 Å². The molecule has 314 valence electrons. The molecule has 0 bridgehead atoms. The summed E-state index contributed by atoms with van der Waals surface area (Å²) in [5.41, 5.74) is 8.02. The van der Waals surface area contributed by atoms with Crippen LogP contribution in [0.1, 0.15) is 64.4 Å². The van der Waals surface area contributed by atoms with Crippen LogP contribution < -0.4 is 21.1 Å². The second-order valence-corrected chi connectivity index (χ2v) is 13.0. The second-order valence-electron chi connectivity index (χ2n) is 13.0. The molecular weight excluding hydrogens is 752 g/mol. The molecule has 0 saturated heterocycles. The van der Waals surface area contributed by atoms with Gasteiger partial charge in [-0.15, -0.1) is 0 Å². The summed E-state index contributed by atoms with van der Waals surface area (Å²) < 4.78 is 32.8. The molecule has 1 aromatic heterocycles. The molecule has 3 aromatic rings. The number of ether oxygens (including phenoxy) is 6. The summed E-state index contributed by atoms with van der Waals surface area (Å²) in [5, 5.41) is 5.34. The minimum absolute atomic E-state index is 0.0826. The van der Waals surface area contributed by atoms with Crippen LogP contribution in [0.5, 0.6) is 6.01 Å². The zero-order valence-electron chi connectivity index (χ0n) is 33.0. The number of aryl methyl sites for hydroxylation is 1. The molecular formula is C41H54N6O11. The van der Waals surface area contributed by atoms with E-state index < -0.39 is 36.1 Å². The number of nitrogen functional groups attached to an aromatic ring is 1. The first-order valence-electron chi connectivity index (χ1n) is 19.5. The number of ketones is 1. The summed E-state index contributed by atoms with van der Waals surface area (Å²) in [6.07, 6.45) is 3.30. The van der Waals surface area contributed by atoms with Gasteiger partial charge in [0, 0.05) is 45.3 Å². The van der Waals surface area contributed by atoms with Gasteiger partial charge < -0.3 is 44.8 Å². The fourth-order valence-corrected chi connectivity index (χ4v) is 5.73. The number of aromatic nitrogens is 2. The third-order valence-corrected chi connectivity index (χ3v) is 8.74. The molecule has 1 aliphatic rings. The van der Waals surface area contributed by atoms with Crippen LogP contribution in [0.2, 0.25) is 0 Å². The Hall–Kier alpha value is -5.33. The van der Waals surface area contributed by atoms with Gasteiger partial charge in [-0.3, -0.25) is 28.9 Å². The zero-order chi connectivity index (χ0) is 41.4. The van der Waals surface area contributed by atoms with Gasteiger partial charge in [0.2, 0.25) is 11.8 Å². The lowest BCUT2D eigenvalue weighted by Gasteiger charge is -2.25. The number of rotatable bonds is 30. The highest BCUT2D eigenvalue weighted by Crippen LogP contribution is 2.26. The highest BCUT2D eigenvalue weighted by Gasteiger charge is 2.43. The van der Waals surface area contributed by atoms with E-state index in [1.54, 1.807) is 18.2 Å². The number of fused-ring (bicyclic) bond motifs is 1. The number of Topliss-reactive ketones (excluding diaryl/α,β-unsaturated/α-hetero) is 1. The summed E-state index contributed by atoms with van der Waals surface area (Å²) >= 11 is 0. The number of carbonyl (C=O) groups excluding carboxylic acids is 5. The summed E-state index contributed by atoms with van der Waals surface area (Å²) in [5.74, 6) is -1.92. The third kappa shape index (κ3) is 15.9. The molecule has 0 aliphatic carbocycles. The van der Waals surface area contributed by atoms with Crippen molar-refractivity contribution in [3.8, 4) is 6.01 Å². The van der Waals surface area contributed by atoms with Crippen molar-refractivity contribution in [1.82, 2.24) is 25.5 Å². The van der Waals surface area contributed by atoms with Gasteiger partial charge in [-0.1, -0.05) is 36.4 Å². The molecule has 1 aliphatic heterocycles. The molecule has 17 nitrogen and oxygen atoms in total. The third-order valence-electron chi connectivity index (χ3n) is 8.74. The lowest BCUT2D eigenvalue weighted by Crippen LogP contribution is -2.52. The van der Waals surface area contributed by atoms with Crippen molar-refractivity contribution in [3.05, 3.63) is 83.0 Å². The Balaban J connectivity index is 1.02. The maximum absolute atomic E-state index is 13.3. The fraction of sp³-hybridized carbons (Fsp3) is 0.488. The smallest absolute Gasteiger partial charge is 0.318 e. The molecule has 0 fully saturated rings. The lowest BCUT2D eigenvalue weighted by atomic mass is 10.0. The van der Waals surface area contributed by atoms with E-state index in [0.717, 1.165) is 16.0 Å². The van der Waals surface area contributed by atoms with Crippen LogP contribution in [-0.4, -0.2) is 129 Å². The molecule has 4 N–H and O–H groups in total. The van der Waals surface area contributed by atoms with E-state index in [2.05, 4.69) is 20.6 Å². The van der Waals surface area contributed by atoms with Crippen molar-refractivity contribution in [2.24, 2.45) is 0 Å². The van der Waals surface area contributed by atoms with Crippen LogP contribution >= 0.6 is 0 Å². The Morgan fingerprint density at radius 2 is 1.31 bits per heavy atom. The van der Waals surface area contributed by atoms with Crippen LogP contribution in [0.3, 0.4) is 0 Å². The van der Waals surface area contributed by atoms with Crippen molar-refractivity contribution < 1.29 is 52.4 Å². The van der Waals surface area contributed by atoms with Crippen molar-refractivity contribution in [1.29, 1.82) is 0 Å². The molecule has 1 atom stereocenters. The molecule has 2 aromatic carbocycles. The standard InChI is InChI=1S/C41H54N6O11/c1-2-53-22-23-55-20-17-43-37(49)28-35(47-39(51)33-7-3-4-8-34(33)40(47)52)38(50)44-18-21-56-25-27-57-26-24-54-19-5-6-32(48)14-13-30-9-11-31(12-10-30)29-58-41-45-16-15-36(42)46-41/h3-4,7-12,15-16,35H,2,5-6,13-14,17-29H2,1H3,(H,43,49)(H,44,50)(H2,42,45,46). The molecule has 4 amide bonds. The second kappa shape index (κ2) is 25.8. The molecule has 4 rings (SSSR count). The van der Waals surface area contributed by atoms with E-state index in [4.69, 9.17) is 34.2 Å². The Bertz CT molecular complexity index is 1730. The number of hydrogen-bond acceptors (Lipinski definition) is 14. The minimum Gasteiger partial charge on any atom is -0.459 e. The van der Waals surface area contributed by atoms with Crippen LogP contribution in [0.15, 0.2) is 60.8 Å². The van der Waals surface area contributed by atoms with Crippen molar-refractivity contribution in [3.63, 3.8) is 0 Å². The number of nitrogens with one attached hydrogen (secondary N) is 2. The first kappa shape index (κ1) is 45.4. The summed E-state index contributed by atoms with van der Waals surface area (Å²) in [6.45, 7) is 5.96. The average molecular weight is 807 g/mol. The van der Waals surface area contributed by atoms with Crippen LogP contribution in [0.25, 0.3) is 0 Å². The van der Waals surface area contributed by atoms with Crippen LogP contribution in [0.4, 0.5) is 5.82 Å². The summed E-state index contributed by atoms with van der Waals surface area (Å²) in [6, 6.07) is 14.6. The van der Waals surface area contributed by atoms with E-state index in [9.17, 15) is 24.0 Å². The number of nitrogens with two attached hydrogens (primary N) is 1. The Morgan fingerprint density at radius 3 is 1.95 bits per heavy atom. The fourth-order valence-electron chi connectivity index (χ4n) is 5.73. The summed E-state index contributed by atoms with van der Waals surface area (Å²) in [7, 11) is 0. The van der Waals surface area contributed by atoms with Gasteiger partial charge in [-0.25, -0.2) is 4.98 Å². The molecule has 17 heteroatoms. The van der Waals surface area contributed by atoms with Gasteiger partial charge in [-0.2, -0.15) is 4.98 Å². The topological polar surface area (TPSA) is 220 Å². The molecule has 0 spiro atoms. The van der Waals surface area contributed by atoms with Crippen LogP contribution in [0, 0.1) is 0 Å². The Morgan fingerprint density at radius 1 is 0.724 bits per heavy atom. The molecule has 1 unspecified atom stereocenters. The average Bonchev–Trinajstić information content (AvgIpc) is 3.48. The first-order valence-corrected chi connectivity index (χ1v) is 19.5. The first-order chi connectivity index (χ1) is 28.3. The maximum atomic E-state index is 13.3.